The minimum Gasteiger partial charge on any atom is -0.497 e. The van der Waals surface area contributed by atoms with Crippen molar-refractivity contribution in [3.05, 3.63) is 59.1 Å². The number of benzene rings is 2. The highest BCUT2D eigenvalue weighted by Crippen LogP contribution is 2.64. The van der Waals surface area contributed by atoms with Crippen LogP contribution in [0.15, 0.2) is 53.4 Å². The van der Waals surface area contributed by atoms with E-state index in [0.29, 0.717) is 16.3 Å². The molecule has 134 valence electrons. The Morgan fingerprint density at radius 3 is 2.23 bits per heavy atom. The first kappa shape index (κ1) is 18.2. The van der Waals surface area contributed by atoms with E-state index in [1.165, 1.54) is 31.4 Å². The van der Waals surface area contributed by atoms with Crippen LogP contribution in [0, 0.1) is 16.7 Å². The van der Waals surface area contributed by atoms with E-state index >= 15 is 0 Å². The Hall–Kier alpha value is -2.56. The maximum atomic E-state index is 13.0. The maximum Gasteiger partial charge on any atom is 0.326 e. The molecule has 2 aromatic rings. The molecular weight excluding hydrogens is 378 g/mol. The molecule has 0 saturated heterocycles. The number of halogens is 1. The van der Waals surface area contributed by atoms with Gasteiger partial charge in [0.2, 0.25) is 0 Å². The Bertz CT molecular complexity index is 995. The van der Waals surface area contributed by atoms with Crippen molar-refractivity contribution in [2.45, 2.75) is 16.1 Å². The number of sulfone groups is 1. The van der Waals surface area contributed by atoms with Gasteiger partial charge >= 0.3 is 5.97 Å². The van der Waals surface area contributed by atoms with Crippen molar-refractivity contribution in [2.24, 2.45) is 5.41 Å². The topological polar surface area (TPSA) is 104 Å². The van der Waals surface area contributed by atoms with E-state index < -0.39 is 32.4 Å². The van der Waals surface area contributed by atoms with Crippen LogP contribution >= 0.6 is 11.6 Å². The van der Waals surface area contributed by atoms with Gasteiger partial charge in [-0.25, -0.2) is 8.42 Å². The average molecular weight is 392 g/mol. The van der Waals surface area contributed by atoms with Crippen LogP contribution in [-0.4, -0.2) is 31.9 Å². The number of hydrogen-bond acceptors (Lipinski definition) is 5. The van der Waals surface area contributed by atoms with Gasteiger partial charge in [-0.2, -0.15) is 5.26 Å². The lowest BCUT2D eigenvalue weighted by Gasteiger charge is -2.05. The third kappa shape index (κ3) is 2.62. The predicted octanol–water partition coefficient (Wildman–Crippen LogP) is 2.88. The normalized spacial score (nSPS) is 24.5. The predicted molar refractivity (Wildman–Crippen MR) is 93.8 cm³/mol. The molecule has 3 atom stereocenters. The molecule has 2 aromatic carbocycles. The van der Waals surface area contributed by atoms with Crippen molar-refractivity contribution < 1.29 is 23.1 Å². The molecular formula is C18H14ClNO5S. The average Bonchev–Trinajstić information content (AvgIpc) is 3.34. The van der Waals surface area contributed by atoms with E-state index in [-0.39, 0.29) is 4.90 Å². The Labute approximate surface area is 155 Å². The van der Waals surface area contributed by atoms with Crippen molar-refractivity contribution >= 4 is 27.4 Å². The molecule has 8 heteroatoms. The smallest absolute Gasteiger partial charge is 0.326 e. The molecule has 6 nitrogen and oxygen atoms in total. The van der Waals surface area contributed by atoms with Crippen LogP contribution in [0.25, 0.3) is 0 Å². The molecule has 0 radical (unpaired) electrons. The summed E-state index contributed by atoms with van der Waals surface area (Å²) in [7, 11) is -2.57. The molecule has 0 aliphatic heterocycles. The second kappa shape index (κ2) is 6.31. The summed E-state index contributed by atoms with van der Waals surface area (Å²) in [5, 5.41) is 18.1. The highest BCUT2D eigenvalue weighted by Gasteiger charge is 2.77. The zero-order valence-corrected chi connectivity index (χ0v) is 15.2. The monoisotopic (exact) mass is 391 g/mol. The molecule has 26 heavy (non-hydrogen) atoms. The molecule has 1 saturated carbocycles. The maximum absolute atomic E-state index is 13.0. The van der Waals surface area contributed by atoms with E-state index in [1.807, 2.05) is 0 Å². The highest BCUT2D eigenvalue weighted by atomic mass is 35.5. The van der Waals surface area contributed by atoms with Gasteiger partial charge in [0.1, 0.15) is 11.0 Å². The van der Waals surface area contributed by atoms with Crippen LogP contribution in [0.1, 0.15) is 11.5 Å². The van der Waals surface area contributed by atoms with Crippen molar-refractivity contribution in [1.29, 1.82) is 5.26 Å². The molecule has 0 bridgehead atoms. The molecule has 3 rings (SSSR count). The van der Waals surface area contributed by atoms with Gasteiger partial charge in [0.25, 0.3) is 0 Å². The molecule has 1 aliphatic carbocycles. The van der Waals surface area contributed by atoms with Gasteiger partial charge in [-0.3, -0.25) is 4.79 Å². The summed E-state index contributed by atoms with van der Waals surface area (Å²) in [4.78, 5) is 11.8. The highest BCUT2D eigenvalue weighted by molar-refractivity contribution is 7.92. The number of aliphatic carboxylic acids is 1. The van der Waals surface area contributed by atoms with Gasteiger partial charge in [-0.1, -0.05) is 23.7 Å². The molecule has 1 fully saturated rings. The van der Waals surface area contributed by atoms with Gasteiger partial charge in [-0.15, -0.1) is 0 Å². The van der Waals surface area contributed by atoms with E-state index in [0.717, 1.165) is 0 Å². The third-order valence-electron chi connectivity index (χ3n) is 4.62. The SMILES string of the molecule is COc1ccc([C@H]2[C@@H](S(=O)(=O)c3ccc(Cl)cc3)[C@@]2(C#N)C(=O)O)cc1. The first-order valence-electron chi connectivity index (χ1n) is 7.57. The number of nitrogens with zero attached hydrogens (tertiary/aromatic N) is 1. The fourth-order valence-corrected chi connectivity index (χ4v) is 5.61. The van der Waals surface area contributed by atoms with E-state index in [2.05, 4.69) is 0 Å². The lowest BCUT2D eigenvalue weighted by molar-refractivity contribution is -0.141. The number of rotatable bonds is 5. The van der Waals surface area contributed by atoms with Crippen LogP contribution in [0.5, 0.6) is 5.75 Å². The van der Waals surface area contributed by atoms with Crippen LogP contribution in [0.2, 0.25) is 5.02 Å². The quantitative estimate of drug-likeness (QED) is 0.840. The Balaban J connectivity index is 2.10. The first-order chi connectivity index (χ1) is 12.3. The molecule has 0 amide bonds. The molecule has 1 N–H and O–H groups in total. The van der Waals surface area contributed by atoms with Crippen molar-refractivity contribution in [2.75, 3.05) is 7.11 Å². The fourth-order valence-electron chi connectivity index (χ4n) is 3.24. The number of carboxylic acids is 1. The summed E-state index contributed by atoms with van der Waals surface area (Å²) in [6.45, 7) is 0. The van der Waals surface area contributed by atoms with Crippen molar-refractivity contribution in [1.82, 2.24) is 0 Å². The summed E-state index contributed by atoms with van der Waals surface area (Å²) in [5.74, 6) is -1.88. The van der Waals surface area contributed by atoms with Gasteiger partial charge in [0.15, 0.2) is 15.3 Å². The second-order valence-electron chi connectivity index (χ2n) is 5.96. The number of nitriles is 1. The summed E-state index contributed by atoms with van der Waals surface area (Å²) >= 11 is 5.79. The summed E-state index contributed by atoms with van der Waals surface area (Å²) < 4.78 is 31.1. The lowest BCUT2D eigenvalue weighted by Crippen LogP contribution is -2.22. The van der Waals surface area contributed by atoms with E-state index in [9.17, 15) is 23.6 Å². The zero-order chi connectivity index (χ0) is 19.1. The van der Waals surface area contributed by atoms with Gasteiger partial charge < -0.3 is 9.84 Å². The summed E-state index contributed by atoms with van der Waals surface area (Å²) in [6, 6.07) is 13.5. The zero-order valence-electron chi connectivity index (χ0n) is 13.6. The fraction of sp³-hybridized carbons (Fsp3) is 0.222. The minimum atomic E-state index is -4.05. The standard InChI is InChI=1S/C18H14ClNO5S/c1-25-13-6-2-11(3-7-13)15-16(18(15,10-20)17(21)22)26(23,24)14-8-4-12(19)5-9-14/h2-9,15-16H,1H3,(H,21,22)/t15-,16+,18-/m0/s1. The molecule has 0 aromatic heterocycles. The number of carbonyl (C=O) groups is 1. The molecule has 1 aliphatic rings. The first-order valence-corrected chi connectivity index (χ1v) is 9.49. The van der Waals surface area contributed by atoms with E-state index in [1.54, 1.807) is 30.3 Å². The minimum absolute atomic E-state index is 0.0659. The van der Waals surface area contributed by atoms with Gasteiger partial charge in [-0.05, 0) is 42.0 Å². The van der Waals surface area contributed by atoms with Crippen LogP contribution in [0.4, 0.5) is 0 Å². The second-order valence-corrected chi connectivity index (χ2v) is 8.46. The summed E-state index contributed by atoms with van der Waals surface area (Å²) in [6.07, 6.45) is 0. The van der Waals surface area contributed by atoms with Crippen LogP contribution in [-0.2, 0) is 14.6 Å². The molecule has 0 heterocycles. The van der Waals surface area contributed by atoms with Crippen LogP contribution < -0.4 is 4.74 Å². The number of carboxylic acid groups (broad SMARTS) is 1. The number of hydrogen-bond donors (Lipinski definition) is 1. The summed E-state index contributed by atoms with van der Waals surface area (Å²) in [5.41, 5.74) is -1.58. The molecule has 0 spiro atoms. The largest absolute Gasteiger partial charge is 0.497 e. The Kier molecular flexibility index (Phi) is 4.42. The van der Waals surface area contributed by atoms with Gasteiger partial charge in [0.05, 0.1) is 18.1 Å². The van der Waals surface area contributed by atoms with Crippen molar-refractivity contribution in [3.8, 4) is 11.8 Å². The van der Waals surface area contributed by atoms with Gasteiger partial charge in [0, 0.05) is 10.9 Å². The van der Waals surface area contributed by atoms with E-state index in [4.69, 9.17) is 16.3 Å². The van der Waals surface area contributed by atoms with Crippen LogP contribution in [0.3, 0.4) is 0 Å². The Morgan fingerprint density at radius 2 is 1.77 bits per heavy atom. The number of methoxy groups -OCH3 is 1. The van der Waals surface area contributed by atoms with Crippen molar-refractivity contribution in [3.63, 3.8) is 0 Å². The lowest BCUT2D eigenvalue weighted by atomic mass is 10.0. The number of ether oxygens (including phenoxy) is 1. The molecule has 0 unspecified atom stereocenters. The Morgan fingerprint density at radius 1 is 1.19 bits per heavy atom. The third-order valence-corrected chi connectivity index (χ3v) is 7.12.